The minimum atomic E-state index is -0.892. The van der Waals surface area contributed by atoms with Crippen LogP contribution in [-0.2, 0) is 0 Å². The van der Waals surface area contributed by atoms with E-state index in [0.29, 0.717) is 17.4 Å². The smallest absolute Gasteiger partial charge is 0.335 e. The predicted octanol–water partition coefficient (Wildman–Crippen LogP) is 5.50. The first-order chi connectivity index (χ1) is 15.7. The number of benzene rings is 1. The number of anilines is 1. The van der Waals surface area contributed by atoms with E-state index < -0.39 is 5.97 Å². The number of aliphatic hydroxyl groups excluding tert-OH is 1. The molecule has 0 spiro atoms. The highest BCUT2D eigenvalue weighted by molar-refractivity contribution is 5.94. The highest BCUT2D eigenvalue weighted by atomic mass is 16.4. The molecule has 0 amide bonds. The summed E-state index contributed by atoms with van der Waals surface area (Å²) < 4.78 is 0. The maximum absolute atomic E-state index is 11.2. The Labute approximate surface area is 196 Å². The minimum absolute atomic E-state index is 0.147. The first-order valence-corrected chi connectivity index (χ1v) is 12.8. The summed E-state index contributed by atoms with van der Waals surface area (Å²) in [7, 11) is 0. The van der Waals surface area contributed by atoms with Gasteiger partial charge in [-0.3, -0.25) is 5.01 Å². The fourth-order valence-electron chi connectivity index (χ4n) is 8.85. The van der Waals surface area contributed by atoms with Crippen molar-refractivity contribution in [2.24, 2.45) is 39.6 Å². The third-order valence-corrected chi connectivity index (χ3v) is 10.5. The number of carboxylic acid groups (broad SMARTS) is 1. The van der Waals surface area contributed by atoms with Crippen LogP contribution in [0.25, 0.3) is 0 Å². The summed E-state index contributed by atoms with van der Waals surface area (Å²) in [5.41, 5.74) is 4.74. The van der Waals surface area contributed by atoms with Crippen molar-refractivity contribution in [1.29, 1.82) is 0 Å². The van der Waals surface area contributed by atoms with Gasteiger partial charge in [-0.05, 0) is 105 Å². The van der Waals surface area contributed by atoms with Crippen molar-refractivity contribution in [3.63, 3.8) is 0 Å². The molecule has 0 unspecified atom stereocenters. The zero-order chi connectivity index (χ0) is 23.1. The van der Waals surface area contributed by atoms with Crippen LogP contribution in [0.1, 0.15) is 76.1 Å². The van der Waals surface area contributed by atoms with Crippen LogP contribution in [0, 0.1) is 34.5 Å². The summed E-state index contributed by atoms with van der Waals surface area (Å²) in [6, 6.07) is 7.45. The zero-order valence-electron chi connectivity index (χ0n) is 20.0. The van der Waals surface area contributed by atoms with Gasteiger partial charge in [0, 0.05) is 11.6 Å². The van der Waals surface area contributed by atoms with Gasteiger partial charge in [-0.1, -0.05) is 25.5 Å². The number of carboxylic acids is 1. The van der Waals surface area contributed by atoms with Gasteiger partial charge in [0.15, 0.2) is 0 Å². The number of nitrogens with zero attached hydrogens (tertiary/aromatic N) is 2. The van der Waals surface area contributed by atoms with E-state index >= 15 is 0 Å². The lowest BCUT2D eigenvalue weighted by Gasteiger charge is -2.58. The van der Waals surface area contributed by atoms with Gasteiger partial charge in [0.1, 0.15) is 0 Å². The van der Waals surface area contributed by atoms with Crippen LogP contribution in [0.5, 0.6) is 0 Å². The van der Waals surface area contributed by atoms with E-state index in [4.69, 9.17) is 5.10 Å². The van der Waals surface area contributed by atoms with Crippen LogP contribution in [0.15, 0.2) is 41.0 Å². The van der Waals surface area contributed by atoms with Gasteiger partial charge in [-0.25, -0.2) is 4.79 Å². The largest absolute Gasteiger partial charge is 0.478 e. The summed E-state index contributed by atoms with van der Waals surface area (Å²) >= 11 is 0. The Kier molecular flexibility index (Phi) is 4.65. The van der Waals surface area contributed by atoms with Crippen LogP contribution in [0.4, 0.5) is 5.69 Å². The molecule has 4 aliphatic carbocycles. The summed E-state index contributed by atoms with van der Waals surface area (Å²) in [5, 5.41) is 26.8. The highest BCUT2D eigenvalue weighted by Gasteiger charge is 2.63. The fourth-order valence-corrected chi connectivity index (χ4v) is 8.85. The number of hydrazone groups is 1. The Morgan fingerprint density at radius 3 is 2.58 bits per heavy atom. The van der Waals surface area contributed by atoms with Crippen LogP contribution in [0.3, 0.4) is 0 Å². The lowest BCUT2D eigenvalue weighted by molar-refractivity contribution is -0.0509. The Bertz CT molecular complexity index is 1050. The molecule has 0 radical (unpaired) electrons. The lowest BCUT2D eigenvalue weighted by atomic mass is 9.47. The minimum Gasteiger partial charge on any atom is -0.478 e. The second kappa shape index (κ2) is 7.18. The number of rotatable bonds is 2. The van der Waals surface area contributed by atoms with E-state index in [-0.39, 0.29) is 23.0 Å². The number of hydrogen-bond donors (Lipinski definition) is 2. The molecule has 5 heteroatoms. The van der Waals surface area contributed by atoms with Crippen LogP contribution < -0.4 is 5.01 Å². The van der Waals surface area contributed by atoms with Crippen molar-refractivity contribution in [1.82, 2.24) is 0 Å². The second-order valence-electron chi connectivity index (χ2n) is 11.9. The van der Waals surface area contributed by atoms with Gasteiger partial charge >= 0.3 is 5.97 Å². The van der Waals surface area contributed by atoms with E-state index in [1.165, 1.54) is 24.1 Å². The Morgan fingerprint density at radius 2 is 1.85 bits per heavy atom. The van der Waals surface area contributed by atoms with Gasteiger partial charge in [-0.15, -0.1) is 0 Å². The van der Waals surface area contributed by atoms with Gasteiger partial charge in [0.25, 0.3) is 0 Å². The SMILES string of the molecule is C[C@H]1[C@H]2C(=NN1c1ccc(C(=O)O)cc1)C[C@H]1[C@@H]3CC=C4C[C@@H](O)CC[C@]4(C)[C@H]3CC[C@]21C. The van der Waals surface area contributed by atoms with Crippen LogP contribution in [-0.4, -0.2) is 34.0 Å². The quantitative estimate of drug-likeness (QED) is 0.586. The number of allylic oxidation sites excluding steroid dienone is 1. The lowest BCUT2D eigenvalue weighted by Crippen LogP contribution is -2.52. The molecular formula is C28H36N2O3. The molecule has 0 saturated heterocycles. The van der Waals surface area contributed by atoms with E-state index in [1.807, 2.05) is 12.1 Å². The first-order valence-electron chi connectivity index (χ1n) is 12.8. The third-order valence-electron chi connectivity index (χ3n) is 10.5. The van der Waals surface area contributed by atoms with Crippen molar-refractivity contribution in [2.45, 2.75) is 77.9 Å². The normalized spacial score (nSPS) is 43.7. The molecule has 176 valence electrons. The summed E-state index contributed by atoms with van der Waals surface area (Å²) in [6.45, 7) is 7.32. The molecule has 8 atom stereocenters. The van der Waals surface area contributed by atoms with Gasteiger partial charge in [-0.2, -0.15) is 5.10 Å². The van der Waals surface area contributed by atoms with Crippen molar-refractivity contribution in [3.8, 4) is 0 Å². The number of aromatic carboxylic acids is 1. The van der Waals surface area contributed by atoms with Gasteiger partial charge in [0.05, 0.1) is 23.4 Å². The van der Waals surface area contributed by atoms with Crippen LogP contribution in [0.2, 0.25) is 0 Å². The van der Waals surface area contributed by atoms with Crippen molar-refractivity contribution in [2.75, 3.05) is 5.01 Å². The van der Waals surface area contributed by atoms with E-state index in [9.17, 15) is 15.0 Å². The fraction of sp³-hybridized carbons (Fsp3) is 0.643. The molecule has 6 rings (SSSR count). The average molecular weight is 449 g/mol. The molecule has 2 N–H and O–H groups in total. The molecular weight excluding hydrogens is 412 g/mol. The monoisotopic (exact) mass is 448 g/mol. The number of aliphatic hydroxyl groups is 1. The number of fused-ring (bicyclic) bond motifs is 7. The summed E-state index contributed by atoms with van der Waals surface area (Å²) in [5.74, 6) is 1.71. The molecule has 3 saturated carbocycles. The van der Waals surface area contributed by atoms with Crippen molar-refractivity contribution < 1.29 is 15.0 Å². The van der Waals surface area contributed by atoms with Crippen molar-refractivity contribution >= 4 is 17.4 Å². The summed E-state index contributed by atoms with van der Waals surface area (Å²) in [4.78, 5) is 11.2. The summed E-state index contributed by atoms with van der Waals surface area (Å²) in [6.07, 6.45) is 10.1. The molecule has 0 aromatic heterocycles. The molecule has 1 aliphatic heterocycles. The van der Waals surface area contributed by atoms with Gasteiger partial charge < -0.3 is 10.2 Å². The molecule has 1 aromatic rings. The zero-order valence-corrected chi connectivity index (χ0v) is 20.0. The number of hydrogen-bond acceptors (Lipinski definition) is 4. The van der Waals surface area contributed by atoms with Gasteiger partial charge in [0.2, 0.25) is 0 Å². The van der Waals surface area contributed by atoms with E-state index in [2.05, 4.69) is 31.9 Å². The average Bonchev–Trinajstić information content (AvgIpc) is 3.28. The Morgan fingerprint density at radius 1 is 1.09 bits per heavy atom. The Balaban J connectivity index is 1.29. The van der Waals surface area contributed by atoms with E-state index in [0.717, 1.165) is 49.6 Å². The number of carbonyl (C=O) groups is 1. The predicted molar refractivity (Wildman–Crippen MR) is 129 cm³/mol. The molecule has 1 heterocycles. The van der Waals surface area contributed by atoms with Crippen LogP contribution >= 0.6 is 0 Å². The molecule has 1 aromatic carbocycles. The van der Waals surface area contributed by atoms with E-state index in [1.54, 1.807) is 12.1 Å². The maximum Gasteiger partial charge on any atom is 0.335 e. The third kappa shape index (κ3) is 2.94. The molecule has 5 nitrogen and oxygen atoms in total. The first kappa shape index (κ1) is 21.4. The molecule has 33 heavy (non-hydrogen) atoms. The molecule has 0 bridgehead atoms. The topological polar surface area (TPSA) is 73.1 Å². The Hall–Kier alpha value is -2.14. The van der Waals surface area contributed by atoms with Crippen molar-refractivity contribution in [3.05, 3.63) is 41.5 Å². The molecule has 5 aliphatic rings. The highest BCUT2D eigenvalue weighted by Crippen LogP contribution is 2.67. The standard InChI is InChI=1S/C28H36N2O3/c1-16-25-24(29-30(16)19-7-4-17(5-8-19)26(32)33)15-23-21-9-6-18-14-20(31)10-12-27(18,2)22(21)11-13-28(23,25)3/h4-8,16,20-23,25,31H,9-15H2,1-3H3,(H,32,33)/t16-,20-,21+,22-,23-,25-,27-,28-/m0/s1. The molecule has 3 fully saturated rings. The second-order valence-corrected chi connectivity index (χ2v) is 11.9. The maximum atomic E-state index is 11.2.